The van der Waals surface area contributed by atoms with E-state index in [1.165, 1.54) is 0 Å². The highest BCUT2D eigenvalue weighted by Crippen LogP contribution is 2.23. The minimum Gasteiger partial charge on any atom is -0.341 e. The Morgan fingerprint density at radius 3 is 1.19 bits per heavy atom. The molecule has 0 aliphatic heterocycles. The summed E-state index contributed by atoms with van der Waals surface area (Å²) >= 11 is 0. The van der Waals surface area contributed by atoms with Gasteiger partial charge in [-0.2, -0.15) is 0 Å². The lowest BCUT2D eigenvalue weighted by atomic mass is 9.95. The summed E-state index contributed by atoms with van der Waals surface area (Å²) in [7, 11) is 0. The van der Waals surface area contributed by atoms with E-state index in [-0.39, 0.29) is 23.9 Å². The summed E-state index contributed by atoms with van der Waals surface area (Å²) in [6, 6.07) is 19.0. The van der Waals surface area contributed by atoms with Crippen molar-refractivity contribution in [3.05, 3.63) is 71.8 Å². The van der Waals surface area contributed by atoms with Gasteiger partial charge in [0.2, 0.25) is 0 Å². The largest absolute Gasteiger partial charge is 0.341 e. The van der Waals surface area contributed by atoms with Gasteiger partial charge in [-0.15, -0.1) is 0 Å². The Hall–Kier alpha value is -2.62. The molecular weight excluding hydrogens is 324 g/mol. The minimum absolute atomic E-state index is 0.171. The van der Waals surface area contributed by atoms with Gasteiger partial charge >= 0.3 is 11.8 Å². The van der Waals surface area contributed by atoms with Crippen molar-refractivity contribution in [1.82, 2.24) is 10.6 Å². The summed E-state index contributed by atoms with van der Waals surface area (Å²) in [5, 5.41) is 5.75. The van der Waals surface area contributed by atoms with Crippen LogP contribution in [-0.2, 0) is 9.59 Å². The van der Waals surface area contributed by atoms with Crippen molar-refractivity contribution in [3.63, 3.8) is 0 Å². The van der Waals surface area contributed by atoms with Gasteiger partial charge in [0.15, 0.2) is 0 Å². The van der Waals surface area contributed by atoms with E-state index >= 15 is 0 Å². The van der Waals surface area contributed by atoms with Gasteiger partial charge in [-0.3, -0.25) is 9.59 Å². The van der Waals surface area contributed by atoms with Crippen molar-refractivity contribution in [2.24, 2.45) is 11.8 Å². The lowest BCUT2D eigenvalue weighted by Gasteiger charge is -2.25. The topological polar surface area (TPSA) is 58.2 Å². The van der Waals surface area contributed by atoms with Gasteiger partial charge in [-0.05, 0) is 23.0 Å². The number of rotatable bonds is 6. The van der Waals surface area contributed by atoms with Crippen LogP contribution in [0.15, 0.2) is 60.7 Å². The zero-order chi connectivity index (χ0) is 19.1. The highest BCUT2D eigenvalue weighted by Gasteiger charge is 2.25. The summed E-state index contributed by atoms with van der Waals surface area (Å²) < 4.78 is 0. The molecule has 4 heteroatoms. The Morgan fingerprint density at radius 2 is 0.923 bits per heavy atom. The van der Waals surface area contributed by atoms with Crippen molar-refractivity contribution in [1.29, 1.82) is 0 Å². The summed E-state index contributed by atoms with van der Waals surface area (Å²) in [6.07, 6.45) is 0. The fourth-order valence-electron chi connectivity index (χ4n) is 3.00. The fraction of sp³-hybridized carbons (Fsp3) is 0.364. The lowest BCUT2D eigenvalue weighted by molar-refractivity contribution is -0.140. The predicted octanol–water partition coefficient (Wildman–Crippen LogP) is 4.01. The Kier molecular flexibility index (Phi) is 6.96. The first-order chi connectivity index (χ1) is 12.4. The van der Waals surface area contributed by atoms with Crippen LogP contribution in [0.4, 0.5) is 0 Å². The molecule has 2 amide bonds. The van der Waals surface area contributed by atoms with E-state index in [1.54, 1.807) is 0 Å². The predicted molar refractivity (Wildman–Crippen MR) is 104 cm³/mol. The smallest absolute Gasteiger partial charge is 0.309 e. The van der Waals surface area contributed by atoms with E-state index in [4.69, 9.17) is 0 Å². The van der Waals surface area contributed by atoms with Crippen molar-refractivity contribution in [2.45, 2.75) is 39.8 Å². The van der Waals surface area contributed by atoms with Gasteiger partial charge in [0.25, 0.3) is 0 Å². The van der Waals surface area contributed by atoms with Gasteiger partial charge in [0.05, 0.1) is 12.1 Å². The SMILES string of the molecule is CC(C)C(NC(=O)C(=O)NC(c1ccccc1)C(C)C)c1ccccc1. The summed E-state index contributed by atoms with van der Waals surface area (Å²) in [5.41, 5.74) is 1.99. The molecule has 4 nitrogen and oxygen atoms in total. The maximum atomic E-state index is 12.5. The number of carbonyl (C=O) groups excluding carboxylic acids is 2. The van der Waals surface area contributed by atoms with E-state index in [1.807, 2.05) is 88.4 Å². The summed E-state index contributed by atoms with van der Waals surface area (Å²) in [5.74, 6) is -0.864. The molecule has 0 saturated carbocycles. The first-order valence-corrected chi connectivity index (χ1v) is 9.11. The molecule has 0 aliphatic rings. The maximum Gasteiger partial charge on any atom is 0.309 e. The zero-order valence-electron chi connectivity index (χ0n) is 15.9. The van der Waals surface area contributed by atoms with Crippen molar-refractivity contribution in [2.75, 3.05) is 0 Å². The number of hydrogen-bond acceptors (Lipinski definition) is 2. The van der Waals surface area contributed by atoms with Crippen LogP contribution in [0.25, 0.3) is 0 Å². The Bertz CT molecular complexity index is 648. The van der Waals surface area contributed by atoms with Crippen LogP contribution >= 0.6 is 0 Å². The number of nitrogens with one attached hydrogen (secondary N) is 2. The molecule has 2 aromatic rings. The molecule has 0 aliphatic carbocycles. The van der Waals surface area contributed by atoms with Gasteiger partial charge in [0, 0.05) is 0 Å². The van der Waals surface area contributed by atoms with E-state index in [9.17, 15) is 9.59 Å². The van der Waals surface area contributed by atoms with Crippen molar-refractivity contribution in [3.8, 4) is 0 Å². The van der Waals surface area contributed by atoms with E-state index < -0.39 is 11.8 Å². The lowest BCUT2D eigenvalue weighted by Crippen LogP contribution is -2.44. The number of carbonyl (C=O) groups is 2. The second-order valence-electron chi connectivity index (χ2n) is 7.21. The molecule has 2 aromatic carbocycles. The van der Waals surface area contributed by atoms with Crippen LogP contribution in [0.5, 0.6) is 0 Å². The van der Waals surface area contributed by atoms with Crippen LogP contribution in [0.3, 0.4) is 0 Å². The zero-order valence-corrected chi connectivity index (χ0v) is 15.9. The quantitative estimate of drug-likeness (QED) is 0.772. The average molecular weight is 352 g/mol. The summed E-state index contributed by atoms with van der Waals surface area (Å²) in [4.78, 5) is 25.0. The first-order valence-electron chi connectivity index (χ1n) is 9.11. The summed E-state index contributed by atoms with van der Waals surface area (Å²) in [6.45, 7) is 8.10. The fourth-order valence-corrected chi connectivity index (χ4v) is 3.00. The molecular formula is C22H28N2O2. The molecule has 2 atom stereocenters. The standard InChI is InChI=1S/C22H28N2O2/c1-15(2)19(17-11-7-5-8-12-17)23-21(25)22(26)24-20(16(3)4)18-13-9-6-10-14-18/h5-16,19-20H,1-4H3,(H,23,25)(H,24,26). The monoisotopic (exact) mass is 352 g/mol. The Labute approximate surface area is 156 Å². The van der Waals surface area contributed by atoms with Crippen molar-refractivity contribution < 1.29 is 9.59 Å². The normalized spacial score (nSPS) is 13.3. The van der Waals surface area contributed by atoms with Crippen LogP contribution in [-0.4, -0.2) is 11.8 Å². The van der Waals surface area contributed by atoms with Crippen LogP contribution in [0.1, 0.15) is 50.9 Å². The van der Waals surface area contributed by atoms with E-state index in [0.717, 1.165) is 11.1 Å². The van der Waals surface area contributed by atoms with Crippen LogP contribution < -0.4 is 10.6 Å². The third-order valence-corrected chi connectivity index (χ3v) is 4.43. The molecule has 0 spiro atoms. The second-order valence-corrected chi connectivity index (χ2v) is 7.21. The molecule has 0 fully saturated rings. The number of hydrogen-bond donors (Lipinski definition) is 2. The molecule has 2 unspecified atom stereocenters. The molecule has 0 heterocycles. The second kappa shape index (κ2) is 9.18. The van der Waals surface area contributed by atoms with E-state index in [0.29, 0.717) is 0 Å². The molecule has 0 saturated heterocycles. The van der Waals surface area contributed by atoms with Crippen LogP contribution in [0, 0.1) is 11.8 Å². The Balaban J connectivity index is 2.09. The molecule has 0 aromatic heterocycles. The molecule has 138 valence electrons. The molecule has 0 bridgehead atoms. The number of benzene rings is 2. The maximum absolute atomic E-state index is 12.5. The van der Waals surface area contributed by atoms with Crippen LogP contribution in [0.2, 0.25) is 0 Å². The highest BCUT2D eigenvalue weighted by atomic mass is 16.2. The third-order valence-electron chi connectivity index (χ3n) is 4.43. The van der Waals surface area contributed by atoms with Gasteiger partial charge < -0.3 is 10.6 Å². The minimum atomic E-state index is -0.603. The molecule has 26 heavy (non-hydrogen) atoms. The van der Waals surface area contributed by atoms with Gasteiger partial charge in [0.1, 0.15) is 0 Å². The average Bonchev–Trinajstić information content (AvgIpc) is 2.64. The van der Waals surface area contributed by atoms with Gasteiger partial charge in [-0.25, -0.2) is 0 Å². The van der Waals surface area contributed by atoms with Crippen molar-refractivity contribution >= 4 is 11.8 Å². The molecule has 2 rings (SSSR count). The molecule has 0 radical (unpaired) electrons. The van der Waals surface area contributed by atoms with E-state index in [2.05, 4.69) is 10.6 Å². The molecule has 2 N–H and O–H groups in total. The Morgan fingerprint density at radius 1 is 0.615 bits per heavy atom. The first kappa shape index (κ1) is 19.7. The van der Waals surface area contributed by atoms with Gasteiger partial charge in [-0.1, -0.05) is 88.4 Å². The highest BCUT2D eigenvalue weighted by molar-refractivity contribution is 6.35. The number of amides is 2. The third kappa shape index (κ3) is 5.19.